The summed E-state index contributed by atoms with van der Waals surface area (Å²) in [6.07, 6.45) is 0. The van der Waals surface area contributed by atoms with Crippen molar-refractivity contribution >= 4 is 10.0 Å². The summed E-state index contributed by atoms with van der Waals surface area (Å²) in [5, 5.41) is 0. The van der Waals surface area contributed by atoms with Gasteiger partial charge in [0.25, 0.3) is 0 Å². The van der Waals surface area contributed by atoms with Gasteiger partial charge in [-0.25, -0.2) is 17.5 Å². The molecule has 0 atom stereocenters. The normalized spacial score (nSPS) is 11.7. The Morgan fingerprint density at radius 3 is 2.60 bits per heavy atom. The summed E-state index contributed by atoms with van der Waals surface area (Å²) in [5.74, 6) is -0.567. The standard InChI is InChI=1S/C9H13FN2O2S/c1-7-4-8(10)6-9(5-7)15(13,14)12-3-2-11/h4-6,12H,2-3,11H2,1H3. The van der Waals surface area contributed by atoms with Crippen LogP contribution in [-0.2, 0) is 10.0 Å². The van der Waals surface area contributed by atoms with Gasteiger partial charge in [-0.1, -0.05) is 0 Å². The summed E-state index contributed by atoms with van der Waals surface area (Å²) in [6, 6.07) is 3.65. The Bertz CT molecular complexity index is 425. The van der Waals surface area contributed by atoms with E-state index in [9.17, 15) is 12.8 Å². The molecule has 0 aliphatic rings. The monoisotopic (exact) mass is 232 g/mol. The molecule has 1 rings (SSSR count). The third-order valence-corrected chi connectivity index (χ3v) is 3.20. The van der Waals surface area contributed by atoms with Crippen LogP contribution in [-0.4, -0.2) is 21.5 Å². The van der Waals surface area contributed by atoms with Crippen LogP contribution in [0.1, 0.15) is 5.56 Å². The number of hydrogen-bond acceptors (Lipinski definition) is 3. The quantitative estimate of drug-likeness (QED) is 0.788. The smallest absolute Gasteiger partial charge is 0.240 e. The second-order valence-electron chi connectivity index (χ2n) is 3.15. The number of nitrogens with two attached hydrogens (primary N) is 1. The molecular weight excluding hydrogens is 219 g/mol. The second kappa shape index (κ2) is 4.69. The molecule has 0 saturated carbocycles. The maximum Gasteiger partial charge on any atom is 0.240 e. The Morgan fingerprint density at radius 2 is 2.07 bits per heavy atom. The van der Waals surface area contributed by atoms with Crippen LogP contribution in [0.15, 0.2) is 23.1 Å². The molecule has 0 bridgehead atoms. The van der Waals surface area contributed by atoms with Gasteiger partial charge in [-0.05, 0) is 30.7 Å². The van der Waals surface area contributed by atoms with Crippen molar-refractivity contribution in [1.82, 2.24) is 4.72 Å². The Labute approximate surface area is 88.3 Å². The van der Waals surface area contributed by atoms with Gasteiger partial charge in [0.1, 0.15) is 5.82 Å². The number of rotatable bonds is 4. The van der Waals surface area contributed by atoms with E-state index in [0.29, 0.717) is 5.56 Å². The summed E-state index contributed by atoms with van der Waals surface area (Å²) in [7, 11) is -3.64. The van der Waals surface area contributed by atoms with Crippen LogP contribution < -0.4 is 10.5 Å². The van der Waals surface area contributed by atoms with Gasteiger partial charge in [0, 0.05) is 13.1 Å². The lowest BCUT2D eigenvalue weighted by Crippen LogP contribution is -2.29. The lowest BCUT2D eigenvalue weighted by molar-refractivity contribution is 0.578. The second-order valence-corrected chi connectivity index (χ2v) is 4.92. The van der Waals surface area contributed by atoms with E-state index in [2.05, 4.69) is 4.72 Å². The molecule has 1 aromatic carbocycles. The van der Waals surface area contributed by atoms with Gasteiger partial charge in [-0.3, -0.25) is 0 Å². The third kappa shape index (κ3) is 3.26. The fraction of sp³-hybridized carbons (Fsp3) is 0.333. The van der Waals surface area contributed by atoms with Crippen molar-refractivity contribution in [2.24, 2.45) is 5.73 Å². The predicted octanol–water partition coefficient (Wildman–Crippen LogP) is 0.371. The van der Waals surface area contributed by atoms with Crippen molar-refractivity contribution in [3.8, 4) is 0 Å². The summed E-state index contributed by atoms with van der Waals surface area (Å²) in [6.45, 7) is 1.97. The van der Waals surface area contributed by atoms with E-state index >= 15 is 0 Å². The zero-order valence-corrected chi connectivity index (χ0v) is 9.14. The van der Waals surface area contributed by atoms with Crippen LogP contribution >= 0.6 is 0 Å². The number of sulfonamides is 1. The van der Waals surface area contributed by atoms with Crippen LogP contribution in [0.2, 0.25) is 0 Å². The van der Waals surface area contributed by atoms with Gasteiger partial charge in [-0.2, -0.15) is 0 Å². The molecule has 0 unspecified atom stereocenters. The summed E-state index contributed by atoms with van der Waals surface area (Å²) >= 11 is 0. The van der Waals surface area contributed by atoms with E-state index in [1.165, 1.54) is 12.1 Å². The predicted molar refractivity (Wildman–Crippen MR) is 55.4 cm³/mol. The fourth-order valence-corrected chi connectivity index (χ4v) is 2.30. The van der Waals surface area contributed by atoms with Crippen molar-refractivity contribution < 1.29 is 12.8 Å². The molecule has 84 valence electrons. The summed E-state index contributed by atoms with van der Waals surface area (Å²) in [4.78, 5) is -0.0755. The van der Waals surface area contributed by atoms with E-state index in [0.717, 1.165) is 6.07 Å². The molecule has 0 spiro atoms. The van der Waals surface area contributed by atoms with Crippen molar-refractivity contribution in [1.29, 1.82) is 0 Å². The van der Waals surface area contributed by atoms with Gasteiger partial charge in [0.05, 0.1) is 4.90 Å². The number of halogens is 1. The first-order chi connectivity index (χ1) is 6.95. The topological polar surface area (TPSA) is 72.2 Å². The molecule has 3 N–H and O–H groups in total. The minimum Gasteiger partial charge on any atom is -0.329 e. The lowest BCUT2D eigenvalue weighted by atomic mass is 10.2. The summed E-state index contributed by atoms with van der Waals surface area (Å²) < 4.78 is 38.3. The minimum absolute atomic E-state index is 0.0755. The van der Waals surface area contributed by atoms with Crippen LogP contribution in [0, 0.1) is 12.7 Å². The SMILES string of the molecule is Cc1cc(F)cc(S(=O)(=O)NCCN)c1. The van der Waals surface area contributed by atoms with Crippen molar-refractivity contribution in [3.05, 3.63) is 29.6 Å². The highest BCUT2D eigenvalue weighted by Gasteiger charge is 2.14. The molecule has 15 heavy (non-hydrogen) atoms. The summed E-state index contributed by atoms with van der Waals surface area (Å²) in [5.41, 5.74) is 5.73. The third-order valence-electron chi connectivity index (χ3n) is 1.76. The highest BCUT2D eigenvalue weighted by molar-refractivity contribution is 7.89. The van der Waals surface area contributed by atoms with Crippen molar-refractivity contribution in [3.63, 3.8) is 0 Å². The van der Waals surface area contributed by atoms with E-state index in [1.54, 1.807) is 6.92 Å². The first-order valence-electron chi connectivity index (χ1n) is 4.42. The first kappa shape index (κ1) is 12.1. The van der Waals surface area contributed by atoms with E-state index in [-0.39, 0.29) is 18.0 Å². The number of benzene rings is 1. The van der Waals surface area contributed by atoms with Crippen LogP contribution in [0.25, 0.3) is 0 Å². The zero-order chi connectivity index (χ0) is 11.5. The lowest BCUT2D eigenvalue weighted by Gasteiger charge is -2.06. The number of nitrogens with one attached hydrogen (secondary N) is 1. The molecule has 0 heterocycles. The minimum atomic E-state index is -3.64. The van der Waals surface area contributed by atoms with Crippen molar-refractivity contribution in [2.45, 2.75) is 11.8 Å². The molecular formula is C9H13FN2O2S. The molecule has 0 saturated heterocycles. The van der Waals surface area contributed by atoms with Crippen LogP contribution in [0.4, 0.5) is 4.39 Å². The molecule has 4 nitrogen and oxygen atoms in total. The van der Waals surface area contributed by atoms with Gasteiger partial charge in [-0.15, -0.1) is 0 Å². The van der Waals surface area contributed by atoms with Crippen LogP contribution in [0.3, 0.4) is 0 Å². The fourth-order valence-electron chi connectivity index (χ4n) is 1.13. The van der Waals surface area contributed by atoms with Crippen LogP contribution in [0.5, 0.6) is 0 Å². The Kier molecular flexibility index (Phi) is 3.78. The molecule has 0 aliphatic carbocycles. The average Bonchev–Trinajstić information content (AvgIpc) is 2.13. The highest BCUT2D eigenvalue weighted by atomic mass is 32.2. The molecule has 0 fully saturated rings. The van der Waals surface area contributed by atoms with Crippen molar-refractivity contribution in [2.75, 3.05) is 13.1 Å². The molecule has 0 aromatic heterocycles. The zero-order valence-electron chi connectivity index (χ0n) is 8.33. The van der Waals surface area contributed by atoms with Gasteiger partial charge < -0.3 is 5.73 Å². The molecule has 0 radical (unpaired) electrons. The Hall–Kier alpha value is -0.980. The first-order valence-corrected chi connectivity index (χ1v) is 5.91. The number of hydrogen-bond donors (Lipinski definition) is 2. The maximum absolute atomic E-state index is 13.0. The molecule has 0 amide bonds. The average molecular weight is 232 g/mol. The van der Waals surface area contributed by atoms with Gasteiger partial charge in [0.15, 0.2) is 0 Å². The maximum atomic E-state index is 13.0. The van der Waals surface area contributed by atoms with Gasteiger partial charge >= 0.3 is 0 Å². The number of aryl methyl sites for hydroxylation is 1. The Morgan fingerprint density at radius 1 is 1.40 bits per heavy atom. The van der Waals surface area contributed by atoms with E-state index in [4.69, 9.17) is 5.73 Å². The van der Waals surface area contributed by atoms with E-state index < -0.39 is 15.8 Å². The molecule has 0 aliphatic heterocycles. The molecule has 1 aromatic rings. The Balaban J connectivity index is 3.04. The highest BCUT2D eigenvalue weighted by Crippen LogP contribution is 2.13. The van der Waals surface area contributed by atoms with E-state index in [1.807, 2.05) is 0 Å². The molecule has 6 heteroatoms. The largest absolute Gasteiger partial charge is 0.329 e. The van der Waals surface area contributed by atoms with Gasteiger partial charge in [0.2, 0.25) is 10.0 Å².